The zero-order valence-electron chi connectivity index (χ0n) is 14.1. The van der Waals surface area contributed by atoms with Gasteiger partial charge in [0.1, 0.15) is 12.2 Å². The van der Waals surface area contributed by atoms with Crippen molar-refractivity contribution in [3.05, 3.63) is 24.2 Å². The maximum absolute atomic E-state index is 12.8. The number of ether oxygens (including phenoxy) is 2. The summed E-state index contributed by atoms with van der Waals surface area (Å²) in [5.74, 6) is -0.772. The van der Waals surface area contributed by atoms with Gasteiger partial charge in [0.2, 0.25) is 0 Å². The molecule has 5 rings (SSSR count). The highest BCUT2D eigenvalue weighted by molar-refractivity contribution is 5.78. The Morgan fingerprint density at radius 1 is 1.16 bits per heavy atom. The number of hydrogen-bond donors (Lipinski definition) is 1. The average Bonchev–Trinajstić information content (AvgIpc) is 3.19. The Morgan fingerprint density at radius 2 is 2.00 bits per heavy atom. The first-order chi connectivity index (χ1) is 12.0. The number of carbonyl (C=O) groups excluding carboxylic acids is 2. The van der Waals surface area contributed by atoms with Crippen molar-refractivity contribution < 1.29 is 28.6 Å². The van der Waals surface area contributed by atoms with Crippen LogP contribution < -0.4 is 0 Å². The van der Waals surface area contributed by atoms with E-state index < -0.39 is 6.10 Å². The lowest BCUT2D eigenvalue weighted by atomic mass is 9.49. The molecule has 1 aromatic rings. The smallest absolute Gasteiger partial charge is 0.310 e. The van der Waals surface area contributed by atoms with Gasteiger partial charge in [0, 0.05) is 11.5 Å². The van der Waals surface area contributed by atoms with Crippen LogP contribution in [0.1, 0.15) is 44.3 Å². The molecule has 6 nitrogen and oxygen atoms in total. The fourth-order valence-electron chi connectivity index (χ4n) is 6.00. The number of esters is 2. The Balaban J connectivity index is 1.55. The van der Waals surface area contributed by atoms with Gasteiger partial charge in [0.15, 0.2) is 0 Å². The molecule has 0 spiro atoms. The second-order valence-electron chi connectivity index (χ2n) is 8.37. The first-order valence-corrected chi connectivity index (χ1v) is 9.08. The molecule has 0 amide bonds. The van der Waals surface area contributed by atoms with Crippen molar-refractivity contribution in [3.8, 4) is 0 Å². The van der Waals surface area contributed by atoms with E-state index in [-0.39, 0.29) is 53.2 Å². The van der Waals surface area contributed by atoms with Gasteiger partial charge < -0.3 is 19.0 Å². The number of carbonyl (C=O) groups is 2. The van der Waals surface area contributed by atoms with Crippen molar-refractivity contribution in [3.63, 3.8) is 0 Å². The molecule has 8 atom stereocenters. The van der Waals surface area contributed by atoms with E-state index in [0.29, 0.717) is 25.7 Å². The van der Waals surface area contributed by atoms with Crippen LogP contribution in [0.15, 0.2) is 23.0 Å². The Bertz CT molecular complexity index is 712. The van der Waals surface area contributed by atoms with Gasteiger partial charge in [-0.3, -0.25) is 9.59 Å². The number of aliphatic hydroxyl groups excluding tert-OH is 1. The lowest BCUT2D eigenvalue weighted by molar-refractivity contribution is -0.198. The third-order valence-corrected chi connectivity index (χ3v) is 7.18. The molecule has 4 unspecified atom stereocenters. The number of rotatable bonds is 1. The van der Waals surface area contributed by atoms with Gasteiger partial charge in [-0.25, -0.2) is 0 Å². The summed E-state index contributed by atoms with van der Waals surface area (Å²) in [4.78, 5) is 25.1. The van der Waals surface area contributed by atoms with Crippen molar-refractivity contribution >= 4 is 11.9 Å². The monoisotopic (exact) mass is 346 g/mol. The Kier molecular flexibility index (Phi) is 3.15. The molecular weight excluding hydrogens is 324 g/mol. The van der Waals surface area contributed by atoms with Gasteiger partial charge in [-0.15, -0.1) is 0 Å². The molecule has 2 saturated carbocycles. The van der Waals surface area contributed by atoms with Crippen molar-refractivity contribution in [2.45, 2.75) is 50.9 Å². The number of furan rings is 1. The molecule has 4 aliphatic rings. The molecule has 134 valence electrons. The van der Waals surface area contributed by atoms with Crippen molar-refractivity contribution in [1.82, 2.24) is 0 Å². The summed E-state index contributed by atoms with van der Waals surface area (Å²) < 4.78 is 16.5. The van der Waals surface area contributed by atoms with Gasteiger partial charge in [0.05, 0.1) is 30.5 Å². The Labute approximate surface area is 145 Å². The van der Waals surface area contributed by atoms with Gasteiger partial charge in [0.25, 0.3) is 0 Å². The maximum Gasteiger partial charge on any atom is 0.310 e. The Hall–Kier alpha value is -1.82. The van der Waals surface area contributed by atoms with Crippen molar-refractivity contribution in [2.75, 3.05) is 0 Å². The number of aliphatic hydroxyl groups is 1. The summed E-state index contributed by atoms with van der Waals surface area (Å²) in [5, 5.41) is 10.4. The van der Waals surface area contributed by atoms with E-state index in [1.807, 2.05) is 6.07 Å². The largest absolute Gasteiger partial charge is 0.472 e. The molecule has 2 saturated heterocycles. The fraction of sp³-hybridized carbons (Fsp3) is 0.684. The van der Waals surface area contributed by atoms with Gasteiger partial charge >= 0.3 is 11.9 Å². The van der Waals surface area contributed by atoms with Crippen LogP contribution in [0.2, 0.25) is 0 Å². The van der Waals surface area contributed by atoms with Gasteiger partial charge in [-0.05, 0) is 43.1 Å². The van der Waals surface area contributed by atoms with Crippen LogP contribution in [0.5, 0.6) is 0 Å². The molecule has 3 heterocycles. The van der Waals surface area contributed by atoms with E-state index in [1.54, 1.807) is 12.5 Å². The molecule has 2 aliphatic heterocycles. The summed E-state index contributed by atoms with van der Waals surface area (Å²) in [6, 6.07) is 1.83. The van der Waals surface area contributed by atoms with E-state index in [1.165, 1.54) is 0 Å². The van der Waals surface area contributed by atoms with Crippen molar-refractivity contribution in [1.29, 1.82) is 0 Å². The molecule has 2 aliphatic carbocycles. The predicted octanol–water partition coefficient (Wildman–Crippen LogP) is 2.22. The quantitative estimate of drug-likeness (QED) is 0.785. The molecule has 0 bridgehead atoms. The third kappa shape index (κ3) is 2.06. The zero-order valence-corrected chi connectivity index (χ0v) is 14.1. The molecule has 0 radical (unpaired) electrons. The molecular formula is C19H22O6. The predicted molar refractivity (Wildman–Crippen MR) is 84.0 cm³/mol. The second-order valence-corrected chi connectivity index (χ2v) is 8.37. The van der Waals surface area contributed by atoms with E-state index in [0.717, 1.165) is 5.56 Å². The highest BCUT2D eigenvalue weighted by Gasteiger charge is 2.65. The van der Waals surface area contributed by atoms with E-state index in [9.17, 15) is 14.7 Å². The van der Waals surface area contributed by atoms with E-state index in [4.69, 9.17) is 13.9 Å². The molecule has 1 aromatic heterocycles. The number of cyclic esters (lactones) is 1. The summed E-state index contributed by atoms with van der Waals surface area (Å²) >= 11 is 0. The zero-order chi connectivity index (χ0) is 17.3. The summed E-state index contributed by atoms with van der Waals surface area (Å²) in [6.45, 7) is 2.13. The van der Waals surface area contributed by atoms with E-state index in [2.05, 4.69) is 6.92 Å². The third-order valence-electron chi connectivity index (χ3n) is 7.18. The second kappa shape index (κ2) is 5.10. The molecule has 1 N–H and O–H groups in total. The Morgan fingerprint density at radius 3 is 2.76 bits per heavy atom. The lowest BCUT2D eigenvalue weighted by Gasteiger charge is -2.56. The van der Waals surface area contributed by atoms with Crippen LogP contribution in [0.3, 0.4) is 0 Å². The number of hydrogen-bond acceptors (Lipinski definition) is 6. The normalized spacial score (nSPS) is 48.3. The summed E-state index contributed by atoms with van der Waals surface area (Å²) in [7, 11) is 0. The molecule has 4 fully saturated rings. The maximum atomic E-state index is 12.8. The molecule has 6 heteroatoms. The van der Waals surface area contributed by atoms with Crippen LogP contribution in [0.25, 0.3) is 0 Å². The minimum Gasteiger partial charge on any atom is -0.472 e. The van der Waals surface area contributed by atoms with Crippen molar-refractivity contribution in [2.24, 2.45) is 29.1 Å². The fourth-order valence-corrected chi connectivity index (χ4v) is 6.00. The van der Waals surface area contributed by atoms with Crippen LogP contribution in [-0.4, -0.2) is 29.3 Å². The molecule has 0 aromatic carbocycles. The summed E-state index contributed by atoms with van der Waals surface area (Å²) in [6.07, 6.45) is 4.45. The van der Waals surface area contributed by atoms with Gasteiger partial charge in [-0.2, -0.15) is 0 Å². The van der Waals surface area contributed by atoms with E-state index >= 15 is 0 Å². The minimum atomic E-state index is -0.515. The standard InChI is InChI=1S/C19H22O6/c1-19-7-15(9-2-3-23-8-9)25-18(22)13(19)6-14-16-11(17(21)24-14)4-10(20)5-12(16)19/h2-3,8,10-16,20H,4-7H2,1H3/t10?,11?,12-,13-,14?,15?,16-,19+/m1/s1. The first kappa shape index (κ1) is 15.4. The minimum absolute atomic E-state index is 0.0821. The van der Waals surface area contributed by atoms with Crippen LogP contribution in [0.4, 0.5) is 0 Å². The first-order valence-electron chi connectivity index (χ1n) is 9.08. The highest BCUT2D eigenvalue weighted by Crippen LogP contribution is 2.63. The molecule has 25 heavy (non-hydrogen) atoms. The average molecular weight is 346 g/mol. The lowest BCUT2D eigenvalue weighted by Crippen LogP contribution is -2.57. The van der Waals surface area contributed by atoms with Crippen LogP contribution >= 0.6 is 0 Å². The number of fused-ring (bicyclic) bond motifs is 2. The van der Waals surface area contributed by atoms with Crippen LogP contribution in [-0.2, 0) is 19.1 Å². The highest BCUT2D eigenvalue weighted by atomic mass is 16.6. The SMILES string of the molecule is C[C@@]12CC(c3ccoc3)OC(=O)[C@H]1CC1OC(=O)C3CC(O)C[C@@H]2[C@H]13. The van der Waals surface area contributed by atoms with Crippen LogP contribution in [0, 0.1) is 29.1 Å². The van der Waals surface area contributed by atoms with Gasteiger partial charge in [-0.1, -0.05) is 6.92 Å². The topological polar surface area (TPSA) is 86.0 Å². The summed E-state index contributed by atoms with van der Waals surface area (Å²) in [5.41, 5.74) is 0.549.